The van der Waals surface area contributed by atoms with Crippen LogP contribution in [0.1, 0.15) is 31.2 Å². The molecular formula is C26H29FN2O4. The number of piperidine rings is 2. The molecule has 3 aliphatic rings. The minimum Gasteiger partial charge on any atom is -0.487 e. The van der Waals surface area contributed by atoms with Gasteiger partial charge in [0, 0.05) is 38.3 Å². The summed E-state index contributed by atoms with van der Waals surface area (Å²) in [6.45, 7) is 3.66. The largest absolute Gasteiger partial charge is 0.487 e. The average molecular weight is 453 g/mol. The van der Waals surface area contributed by atoms with Gasteiger partial charge in [-0.05, 0) is 61.6 Å². The lowest BCUT2D eigenvalue weighted by Crippen LogP contribution is -2.49. The summed E-state index contributed by atoms with van der Waals surface area (Å²) in [5, 5.41) is 0. The van der Waals surface area contributed by atoms with E-state index in [1.807, 2.05) is 29.2 Å². The van der Waals surface area contributed by atoms with Gasteiger partial charge in [0.2, 0.25) is 12.7 Å². The van der Waals surface area contributed by atoms with Crippen LogP contribution < -0.4 is 14.2 Å². The summed E-state index contributed by atoms with van der Waals surface area (Å²) >= 11 is 0. The highest BCUT2D eigenvalue weighted by atomic mass is 19.1. The number of carbonyl (C=O) groups is 1. The van der Waals surface area contributed by atoms with Gasteiger partial charge < -0.3 is 19.1 Å². The maximum atomic E-state index is 13.8. The molecule has 3 heterocycles. The van der Waals surface area contributed by atoms with Gasteiger partial charge in [0.05, 0.1) is 0 Å². The molecule has 6 nitrogen and oxygen atoms in total. The number of carbonyl (C=O) groups excluding carboxylic acids is 1. The molecule has 174 valence electrons. The van der Waals surface area contributed by atoms with Crippen LogP contribution in [-0.4, -0.2) is 60.8 Å². The number of hydrogen-bond acceptors (Lipinski definition) is 5. The van der Waals surface area contributed by atoms with Gasteiger partial charge in [-0.2, -0.15) is 0 Å². The number of nitrogens with zero attached hydrogens (tertiary/aromatic N) is 2. The number of ether oxygens (including phenoxy) is 3. The van der Waals surface area contributed by atoms with E-state index in [9.17, 15) is 9.18 Å². The Bertz CT molecular complexity index is 1010. The highest BCUT2D eigenvalue weighted by molar-refractivity contribution is 5.92. The number of amides is 1. The first-order chi connectivity index (χ1) is 16.2. The molecule has 3 aliphatic heterocycles. The minimum absolute atomic E-state index is 0.0445. The molecule has 0 bridgehead atoms. The Morgan fingerprint density at radius 2 is 1.73 bits per heavy atom. The average Bonchev–Trinajstić information content (AvgIpc) is 3.33. The third-order valence-electron chi connectivity index (χ3n) is 6.71. The summed E-state index contributed by atoms with van der Waals surface area (Å²) < 4.78 is 30.4. The Morgan fingerprint density at radius 1 is 0.970 bits per heavy atom. The lowest BCUT2D eigenvalue weighted by Gasteiger charge is -2.41. The summed E-state index contributed by atoms with van der Waals surface area (Å²) in [6, 6.07) is 12.8. The first kappa shape index (κ1) is 21.8. The van der Waals surface area contributed by atoms with Crippen molar-refractivity contribution < 1.29 is 23.4 Å². The molecule has 33 heavy (non-hydrogen) atoms. The van der Waals surface area contributed by atoms with E-state index in [4.69, 9.17) is 14.2 Å². The monoisotopic (exact) mass is 452 g/mol. The predicted octanol–water partition coefficient (Wildman–Crippen LogP) is 4.10. The van der Waals surface area contributed by atoms with Crippen molar-refractivity contribution in [2.75, 3.05) is 33.0 Å². The van der Waals surface area contributed by atoms with Crippen molar-refractivity contribution in [3.05, 3.63) is 59.9 Å². The van der Waals surface area contributed by atoms with Gasteiger partial charge in [-0.15, -0.1) is 0 Å². The molecule has 0 N–H and O–H groups in total. The molecule has 5 rings (SSSR count). The summed E-state index contributed by atoms with van der Waals surface area (Å²) in [5.74, 6) is 1.54. The summed E-state index contributed by atoms with van der Waals surface area (Å²) in [7, 11) is 0. The van der Waals surface area contributed by atoms with Gasteiger partial charge >= 0.3 is 0 Å². The summed E-state index contributed by atoms with van der Waals surface area (Å²) in [4.78, 5) is 17.1. The van der Waals surface area contributed by atoms with Gasteiger partial charge in [0.25, 0.3) is 0 Å². The molecule has 0 unspecified atom stereocenters. The van der Waals surface area contributed by atoms with Crippen LogP contribution in [0.5, 0.6) is 17.2 Å². The molecule has 1 amide bonds. The first-order valence-corrected chi connectivity index (χ1v) is 11.7. The van der Waals surface area contributed by atoms with Crippen LogP contribution in [-0.2, 0) is 4.79 Å². The number of likely N-dealkylation sites (tertiary alicyclic amines) is 2. The summed E-state index contributed by atoms with van der Waals surface area (Å²) in [6.07, 6.45) is 7.27. The van der Waals surface area contributed by atoms with E-state index in [1.54, 1.807) is 24.3 Å². The van der Waals surface area contributed by atoms with Crippen LogP contribution in [0.4, 0.5) is 4.39 Å². The number of para-hydroxylation sites is 1. The zero-order chi connectivity index (χ0) is 22.6. The molecule has 0 aliphatic carbocycles. The molecule has 2 aromatic rings. The second-order valence-electron chi connectivity index (χ2n) is 8.79. The standard InChI is InChI=1S/C26H29FN2O4/c27-22-3-1-2-4-23(22)33-21-11-15-28(16-12-21)20-9-13-29(14-10-20)26(30)8-6-19-5-7-24-25(17-19)32-18-31-24/h1-8,17,20-21H,9-16,18H2/b8-6+. The lowest BCUT2D eigenvalue weighted by atomic mass is 9.98. The molecule has 2 aromatic carbocycles. The fourth-order valence-corrected chi connectivity index (χ4v) is 4.82. The van der Waals surface area contributed by atoms with Crippen LogP contribution >= 0.6 is 0 Å². The van der Waals surface area contributed by atoms with Crippen molar-refractivity contribution in [3.8, 4) is 17.2 Å². The van der Waals surface area contributed by atoms with Crippen molar-refractivity contribution >= 4 is 12.0 Å². The van der Waals surface area contributed by atoms with Gasteiger partial charge in [-0.3, -0.25) is 9.69 Å². The van der Waals surface area contributed by atoms with E-state index in [0.29, 0.717) is 17.5 Å². The Labute approximate surface area is 193 Å². The smallest absolute Gasteiger partial charge is 0.246 e. The molecule has 0 spiro atoms. The Morgan fingerprint density at radius 3 is 2.52 bits per heavy atom. The molecule has 0 saturated carbocycles. The third kappa shape index (κ3) is 5.14. The SMILES string of the molecule is O=C(/C=C/c1ccc2c(c1)OCO2)N1CCC(N2CCC(Oc3ccccc3F)CC2)CC1. The third-order valence-corrected chi connectivity index (χ3v) is 6.71. The van der Waals surface area contributed by atoms with E-state index in [-0.39, 0.29) is 24.6 Å². The van der Waals surface area contributed by atoms with E-state index in [2.05, 4.69) is 4.90 Å². The van der Waals surface area contributed by atoms with Gasteiger partial charge in [-0.25, -0.2) is 4.39 Å². The maximum Gasteiger partial charge on any atom is 0.246 e. The second kappa shape index (κ2) is 9.83. The van der Waals surface area contributed by atoms with Crippen LogP contribution in [0.3, 0.4) is 0 Å². The molecular weight excluding hydrogens is 423 g/mol. The highest BCUT2D eigenvalue weighted by Crippen LogP contribution is 2.33. The normalized spacial score (nSPS) is 19.8. The summed E-state index contributed by atoms with van der Waals surface area (Å²) in [5.41, 5.74) is 0.919. The molecule has 0 atom stereocenters. The van der Waals surface area contributed by atoms with Gasteiger partial charge in [0.15, 0.2) is 23.1 Å². The quantitative estimate of drug-likeness (QED) is 0.640. The number of rotatable bonds is 5. The van der Waals surface area contributed by atoms with Crippen LogP contribution in [0.2, 0.25) is 0 Å². The van der Waals surface area contributed by atoms with E-state index < -0.39 is 0 Å². The van der Waals surface area contributed by atoms with Crippen molar-refractivity contribution in [2.24, 2.45) is 0 Å². The van der Waals surface area contributed by atoms with Crippen molar-refractivity contribution in [2.45, 2.75) is 37.8 Å². The first-order valence-electron chi connectivity index (χ1n) is 11.7. The van der Waals surface area contributed by atoms with Crippen LogP contribution in [0, 0.1) is 5.82 Å². The topological polar surface area (TPSA) is 51.2 Å². The van der Waals surface area contributed by atoms with Crippen molar-refractivity contribution in [1.29, 1.82) is 0 Å². The number of hydrogen-bond donors (Lipinski definition) is 0. The van der Waals surface area contributed by atoms with Crippen LogP contribution in [0.15, 0.2) is 48.5 Å². The molecule has 0 radical (unpaired) electrons. The van der Waals surface area contributed by atoms with Gasteiger partial charge in [0.1, 0.15) is 6.10 Å². The fourth-order valence-electron chi connectivity index (χ4n) is 4.82. The Hall–Kier alpha value is -3.06. The number of fused-ring (bicyclic) bond motifs is 1. The molecule has 2 fully saturated rings. The molecule has 2 saturated heterocycles. The lowest BCUT2D eigenvalue weighted by molar-refractivity contribution is -0.127. The fraction of sp³-hybridized carbons (Fsp3) is 0.423. The predicted molar refractivity (Wildman–Crippen MR) is 123 cm³/mol. The molecule has 7 heteroatoms. The van der Waals surface area contributed by atoms with E-state index in [0.717, 1.165) is 63.2 Å². The minimum atomic E-state index is -0.301. The maximum absolute atomic E-state index is 13.8. The van der Waals surface area contributed by atoms with E-state index in [1.165, 1.54) is 6.07 Å². The highest BCUT2D eigenvalue weighted by Gasteiger charge is 2.30. The van der Waals surface area contributed by atoms with E-state index >= 15 is 0 Å². The Balaban J connectivity index is 1.07. The number of halogens is 1. The van der Waals surface area contributed by atoms with Gasteiger partial charge in [-0.1, -0.05) is 18.2 Å². The molecule has 0 aromatic heterocycles. The zero-order valence-corrected chi connectivity index (χ0v) is 18.6. The number of benzene rings is 2. The zero-order valence-electron chi connectivity index (χ0n) is 18.6. The van der Waals surface area contributed by atoms with Crippen LogP contribution in [0.25, 0.3) is 6.08 Å². The second-order valence-corrected chi connectivity index (χ2v) is 8.79. The van der Waals surface area contributed by atoms with Crippen molar-refractivity contribution in [1.82, 2.24) is 9.80 Å². The van der Waals surface area contributed by atoms with Crippen molar-refractivity contribution in [3.63, 3.8) is 0 Å². The Kier molecular flexibility index (Phi) is 6.48.